The molecule has 1 unspecified atom stereocenters. The normalized spacial score (nSPS) is 14.5. The van der Waals surface area contributed by atoms with Crippen LogP contribution < -0.4 is 5.73 Å². The maximum Gasteiger partial charge on any atom is 0.0965 e. The quantitative estimate of drug-likeness (QED) is 0.589. The summed E-state index contributed by atoms with van der Waals surface area (Å²) >= 11 is 1.79. The van der Waals surface area contributed by atoms with Crippen LogP contribution in [0.25, 0.3) is 0 Å². The number of rotatable bonds is 7. The molecule has 0 aromatic carbocycles. The van der Waals surface area contributed by atoms with E-state index in [1.54, 1.807) is 11.8 Å². The zero-order valence-corrected chi connectivity index (χ0v) is 12.4. The summed E-state index contributed by atoms with van der Waals surface area (Å²) in [5, 5.41) is 10.2. The highest BCUT2D eigenvalue weighted by molar-refractivity contribution is 7.99. The number of nitrogens with two attached hydrogens (primary N) is 1. The predicted molar refractivity (Wildman–Crippen MR) is 78.0 cm³/mol. The second-order valence-electron chi connectivity index (χ2n) is 5.24. The Hall–Kier alpha value is -0.580. The summed E-state index contributed by atoms with van der Waals surface area (Å²) in [6, 6.07) is 4.21. The molecule has 0 aliphatic heterocycles. The van der Waals surface area contributed by atoms with Gasteiger partial charge < -0.3 is 10.8 Å². The maximum atomic E-state index is 9.05. The predicted octanol–water partition coefficient (Wildman–Crippen LogP) is 2.67. The van der Waals surface area contributed by atoms with Crippen LogP contribution in [0.3, 0.4) is 0 Å². The summed E-state index contributed by atoms with van der Waals surface area (Å²) in [4.78, 5) is 4.49. The van der Waals surface area contributed by atoms with E-state index in [9.17, 15) is 0 Å². The van der Waals surface area contributed by atoms with Crippen molar-refractivity contribution < 1.29 is 5.11 Å². The number of nitrogens with zero attached hydrogens (tertiary/aromatic N) is 1. The van der Waals surface area contributed by atoms with E-state index in [0.717, 1.165) is 35.7 Å². The molecule has 102 valence electrons. The van der Waals surface area contributed by atoms with Gasteiger partial charge in [0.05, 0.1) is 11.6 Å². The van der Waals surface area contributed by atoms with Crippen molar-refractivity contribution in [1.29, 1.82) is 0 Å². The van der Waals surface area contributed by atoms with E-state index in [0.29, 0.717) is 0 Å². The highest BCUT2D eigenvalue weighted by Crippen LogP contribution is 2.20. The first kappa shape index (κ1) is 15.5. The van der Waals surface area contributed by atoms with Gasteiger partial charge in [-0.3, -0.25) is 0 Å². The Morgan fingerprint density at radius 2 is 2.06 bits per heavy atom. The van der Waals surface area contributed by atoms with Crippen LogP contribution in [-0.4, -0.2) is 28.0 Å². The van der Waals surface area contributed by atoms with Gasteiger partial charge in [-0.2, -0.15) is 0 Å². The van der Waals surface area contributed by atoms with E-state index < -0.39 is 5.54 Å². The van der Waals surface area contributed by atoms with Crippen LogP contribution in [0.1, 0.15) is 37.4 Å². The van der Waals surface area contributed by atoms with Crippen molar-refractivity contribution in [3.05, 3.63) is 23.4 Å². The van der Waals surface area contributed by atoms with Gasteiger partial charge in [-0.05, 0) is 57.1 Å². The Labute approximate surface area is 114 Å². The first-order chi connectivity index (χ1) is 8.43. The average Bonchev–Trinajstić information content (AvgIpc) is 2.27. The number of hydrogen-bond acceptors (Lipinski definition) is 4. The van der Waals surface area contributed by atoms with Crippen LogP contribution in [0, 0.1) is 13.8 Å². The van der Waals surface area contributed by atoms with Gasteiger partial charge in [0, 0.05) is 11.2 Å². The summed E-state index contributed by atoms with van der Waals surface area (Å²) in [5.41, 5.74) is 7.79. The lowest BCUT2D eigenvalue weighted by molar-refractivity contribution is 0.198. The number of aliphatic hydroxyl groups is 1. The third-order valence-corrected chi connectivity index (χ3v) is 3.83. The lowest BCUT2D eigenvalue weighted by Crippen LogP contribution is -2.39. The van der Waals surface area contributed by atoms with E-state index in [2.05, 4.69) is 24.0 Å². The molecule has 0 radical (unpaired) electrons. The fourth-order valence-corrected chi connectivity index (χ4v) is 2.80. The lowest BCUT2D eigenvalue weighted by atomic mass is 9.98. The molecule has 4 heteroatoms. The topological polar surface area (TPSA) is 59.1 Å². The Morgan fingerprint density at radius 1 is 1.33 bits per heavy atom. The molecule has 0 saturated heterocycles. The van der Waals surface area contributed by atoms with Gasteiger partial charge in [-0.15, -0.1) is 11.8 Å². The van der Waals surface area contributed by atoms with Crippen molar-refractivity contribution in [2.45, 2.75) is 50.6 Å². The summed E-state index contributed by atoms with van der Waals surface area (Å²) in [6.45, 7) is 6.07. The van der Waals surface area contributed by atoms with Crippen molar-refractivity contribution in [3.63, 3.8) is 0 Å². The van der Waals surface area contributed by atoms with Crippen molar-refractivity contribution in [2.75, 3.05) is 12.4 Å². The molecule has 0 aliphatic carbocycles. The molecule has 1 aromatic heterocycles. The smallest absolute Gasteiger partial charge is 0.0965 e. The molecule has 0 bridgehead atoms. The summed E-state index contributed by atoms with van der Waals surface area (Å²) in [6.07, 6.45) is 3.02. The number of unbranched alkanes of at least 4 members (excludes halogenated alkanes) is 1. The van der Waals surface area contributed by atoms with Gasteiger partial charge in [0.25, 0.3) is 0 Å². The Morgan fingerprint density at radius 3 is 2.67 bits per heavy atom. The first-order valence-corrected chi connectivity index (χ1v) is 7.39. The molecule has 0 saturated carbocycles. The third-order valence-electron chi connectivity index (χ3n) is 2.83. The number of aliphatic hydroxyl groups excluding tert-OH is 1. The van der Waals surface area contributed by atoms with Gasteiger partial charge in [-0.25, -0.2) is 4.98 Å². The summed E-state index contributed by atoms with van der Waals surface area (Å²) < 4.78 is 0. The van der Waals surface area contributed by atoms with Crippen molar-refractivity contribution in [2.24, 2.45) is 5.73 Å². The van der Waals surface area contributed by atoms with Gasteiger partial charge >= 0.3 is 0 Å². The van der Waals surface area contributed by atoms with Crippen molar-refractivity contribution in [1.82, 2.24) is 4.98 Å². The molecule has 0 fully saturated rings. The van der Waals surface area contributed by atoms with E-state index >= 15 is 0 Å². The number of pyridine rings is 1. The summed E-state index contributed by atoms with van der Waals surface area (Å²) in [7, 11) is 0. The van der Waals surface area contributed by atoms with Gasteiger partial charge in [0.2, 0.25) is 0 Å². The minimum absolute atomic E-state index is 0.0543. The van der Waals surface area contributed by atoms with Crippen molar-refractivity contribution in [3.8, 4) is 0 Å². The number of hydrogen-bond donors (Lipinski definition) is 2. The largest absolute Gasteiger partial charge is 0.394 e. The van der Waals surface area contributed by atoms with Crippen molar-refractivity contribution >= 4 is 11.8 Å². The molecule has 3 nitrogen and oxygen atoms in total. The Kier molecular flexibility index (Phi) is 6.12. The molecule has 0 amide bonds. The number of aromatic nitrogens is 1. The molecule has 1 aromatic rings. The fraction of sp³-hybridized carbons (Fsp3) is 0.643. The third kappa shape index (κ3) is 5.85. The van der Waals surface area contributed by atoms with E-state index in [1.807, 2.05) is 13.8 Å². The second kappa shape index (κ2) is 7.12. The Bertz CT molecular complexity index is 360. The molecular weight excluding hydrogens is 244 g/mol. The highest BCUT2D eigenvalue weighted by atomic mass is 32.2. The molecule has 0 spiro atoms. The van der Waals surface area contributed by atoms with Crippen LogP contribution in [-0.2, 0) is 0 Å². The van der Waals surface area contributed by atoms with Gasteiger partial charge in [0.15, 0.2) is 0 Å². The van der Waals surface area contributed by atoms with Crippen LogP contribution in [0.2, 0.25) is 0 Å². The van der Waals surface area contributed by atoms with Crippen LogP contribution in [0.15, 0.2) is 17.2 Å². The second-order valence-corrected chi connectivity index (χ2v) is 6.36. The van der Waals surface area contributed by atoms with Crippen LogP contribution in [0.4, 0.5) is 0 Å². The minimum atomic E-state index is -0.428. The molecule has 3 N–H and O–H groups in total. The molecule has 1 atom stereocenters. The minimum Gasteiger partial charge on any atom is -0.394 e. The number of thioether (sulfide) groups is 1. The Balaban J connectivity index is 2.26. The molecular formula is C14H24N2OS. The van der Waals surface area contributed by atoms with Crippen LogP contribution >= 0.6 is 11.8 Å². The van der Waals surface area contributed by atoms with E-state index in [4.69, 9.17) is 10.8 Å². The standard InChI is InChI=1S/C14H24N2OS/c1-11-8-12(2)16-13(9-11)18-7-5-4-6-14(3,15)10-17/h8-9,17H,4-7,10,15H2,1-3H3. The lowest BCUT2D eigenvalue weighted by Gasteiger charge is -2.21. The molecule has 0 aliphatic rings. The molecule has 1 rings (SSSR count). The molecule has 1 heterocycles. The fourth-order valence-electron chi connectivity index (χ4n) is 1.76. The molecule has 18 heavy (non-hydrogen) atoms. The van der Waals surface area contributed by atoms with Gasteiger partial charge in [-0.1, -0.05) is 6.42 Å². The first-order valence-electron chi connectivity index (χ1n) is 6.41. The highest BCUT2D eigenvalue weighted by Gasteiger charge is 2.15. The summed E-state index contributed by atoms with van der Waals surface area (Å²) in [5.74, 6) is 1.05. The van der Waals surface area contributed by atoms with Crippen LogP contribution in [0.5, 0.6) is 0 Å². The number of aryl methyl sites for hydroxylation is 2. The maximum absolute atomic E-state index is 9.05. The van der Waals surface area contributed by atoms with E-state index in [1.165, 1.54) is 5.56 Å². The monoisotopic (exact) mass is 268 g/mol. The van der Waals surface area contributed by atoms with Gasteiger partial charge in [0.1, 0.15) is 0 Å². The SMILES string of the molecule is Cc1cc(C)nc(SCCCCC(C)(N)CO)c1. The van der Waals surface area contributed by atoms with E-state index in [-0.39, 0.29) is 6.61 Å². The zero-order chi connectivity index (χ0) is 13.6. The zero-order valence-electron chi connectivity index (χ0n) is 11.6. The average molecular weight is 268 g/mol.